The van der Waals surface area contributed by atoms with Crippen molar-refractivity contribution in [3.05, 3.63) is 59.7 Å². The van der Waals surface area contributed by atoms with E-state index in [-0.39, 0.29) is 31.6 Å². The van der Waals surface area contributed by atoms with Crippen LogP contribution in [0.3, 0.4) is 0 Å². The van der Waals surface area contributed by atoms with Gasteiger partial charge in [-0.3, -0.25) is 14.9 Å². The zero-order chi connectivity index (χ0) is 25.5. The van der Waals surface area contributed by atoms with Crippen LogP contribution in [0.1, 0.15) is 37.8 Å². The number of carboxylic acids is 1. The molecule has 2 aromatic carbocycles. The van der Waals surface area contributed by atoms with Crippen molar-refractivity contribution in [2.45, 2.75) is 32.7 Å². The van der Waals surface area contributed by atoms with E-state index in [4.69, 9.17) is 9.47 Å². The van der Waals surface area contributed by atoms with Gasteiger partial charge < -0.3 is 19.9 Å². The van der Waals surface area contributed by atoms with Crippen molar-refractivity contribution in [1.29, 1.82) is 0 Å². The summed E-state index contributed by atoms with van der Waals surface area (Å²) in [7, 11) is 0. The number of amides is 2. The number of carbonyl (C=O) groups excluding carboxylic acids is 3. The van der Waals surface area contributed by atoms with Crippen LogP contribution in [0.15, 0.2) is 48.5 Å². The van der Waals surface area contributed by atoms with Crippen LogP contribution in [0.4, 0.5) is 4.79 Å². The van der Waals surface area contributed by atoms with Gasteiger partial charge in [-0.25, -0.2) is 9.59 Å². The Labute approximate surface area is 203 Å². The quantitative estimate of drug-likeness (QED) is 0.350. The Bertz CT molecular complexity index is 1050. The molecule has 0 aromatic heterocycles. The number of ether oxygens (including phenoxy) is 2. The van der Waals surface area contributed by atoms with Crippen LogP contribution in [0, 0.1) is 11.8 Å². The average molecular weight is 483 g/mol. The number of hydrogen-bond donors (Lipinski definition) is 3. The van der Waals surface area contributed by atoms with E-state index in [1.807, 2.05) is 48.5 Å². The lowest BCUT2D eigenvalue weighted by Crippen LogP contribution is -2.53. The fourth-order valence-corrected chi connectivity index (χ4v) is 4.14. The number of alkyl carbamates (subject to hydrolysis) is 1. The summed E-state index contributed by atoms with van der Waals surface area (Å²) < 4.78 is 10.3. The first-order valence-corrected chi connectivity index (χ1v) is 11.5. The number of nitrogens with one attached hydrogen (secondary N) is 2. The van der Waals surface area contributed by atoms with Gasteiger partial charge in [0.1, 0.15) is 6.61 Å². The zero-order valence-corrected chi connectivity index (χ0v) is 19.9. The van der Waals surface area contributed by atoms with Gasteiger partial charge in [0.25, 0.3) is 5.91 Å². The predicted molar refractivity (Wildman–Crippen MR) is 128 cm³/mol. The molecule has 0 aliphatic heterocycles. The fraction of sp³-hybridized carbons (Fsp3) is 0.385. The monoisotopic (exact) mass is 482 g/mol. The Morgan fingerprint density at radius 1 is 0.943 bits per heavy atom. The highest BCUT2D eigenvalue weighted by atomic mass is 16.6. The largest absolute Gasteiger partial charge is 0.481 e. The Morgan fingerprint density at radius 3 is 2.03 bits per heavy atom. The van der Waals surface area contributed by atoms with Gasteiger partial charge in [0.05, 0.1) is 12.5 Å². The molecule has 1 aliphatic carbocycles. The van der Waals surface area contributed by atoms with E-state index in [0.717, 1.165) is 22.3 Å². The van der Waals surface area contributed by atoms with Gasteiger partial charge in [-0.05, 0) is 35.1 Å². The number of aliphatic carboxylic acids is 1. The summed E-state index contributed by atoms with van der Waals surface area (Å²) in [5.41, 5.74) is 4.18. The van der Waals surface area contributed by atoms with Crippen molar-refractivity contribution in [2.24, 2.45) is 11.8 Å². The Hall–Kier alpha value is -3.88. The molecule has 0 heterocycles. The Kier molecular flexibility index (Phi) is 8.46. The van der Waals surface area contributed by atoms with E-state index >= 15 is 0 Å². The van der Waals surface area contributed by atoms with Crippen molar-refractivity contribution in [3.8, 4) is 11.1 Å². The summed E-state index contributed by atoms with van der Waals surface area (Å²) in [5, 5.41) is 14.0. The molecule has 3 rings (SSSR count). The summed E-state index contributed by atoms with van der Waals surface area (Å²) in [6, 6.07) is 14.0. The predicted octanol–water partition coefficient (Wildman–Crippen LogP) is 2.93. The van der Waals surface area contributed by atoms with Gasteiger partial charge in [-0.1, -0.05) is 62.4 Å². The first-order chi connectivity index (χ1) is 16.7. The second-order valence-corrected chi connectivity index (χ2v) is 8.59. The molecular formula is C26H30N2O7. The van der Waals surface area contributed by atoms with Crippen molar-refractivity contribution in [2.75, 3.05) is 19.8 Å². The van der Waals surface area contributed by atoms with Crippen LogP contribution in [-0.4, -0.2) is 54.8 Å². The van der Waals surface area contributed by atoms with Gasteiger partial charge in [-0.15, -0.1) is 0 Å². The van der Waals surface area contributed by atoms with E-state index < -0.39 is 35.9 Å². The molecule has 0 bridgehead atoms. The SMILES string of the molecule is CCOC(=O)C(NC(=O)OCC1c2ccccc2-c2ccccc21)C(=O)NCC(C(=O)O)C(C)C. The Balaban J connectivity index is 1.67. The number of hydrogen-bond acceptors (Lipinski definition) is 6. The minimum absolute atomic E-state index is 0.00126. The summed E-state index contributed by atoms with van der Waals surface area (Å²) in [5.74, 6) is -4.19. The molecule has 186 valence electrons. The fourth-order valence-electron chi connectivity index (χ4n) is 4.14. The zero-order valence-electron chi connectivity index (χ0n) is 19.9. The molecule has 2 aromatic rings. The maximum Gasteiger partial charge on any atom is 0.408 e. The van der Waals surface area contributed by atoms with E-state index in [1.54, 1.807) is 20.8 Å². The normalized spacial score (nSPS) is 13.8. The lowest BCUT2D eigenvalue weighted by atomic mass is 9.96. The molecule has 35 heavy (non-hydrogen) atoms. The standard InChI is InChI=1S/C26H30N2O7/c1-4-34-25(32)22(23(29)27-13-20(15(2)3)24(30)31)28-26(33)35-14-21-18-11-7-5-9-16(18)17-10-6-8-12-19(17)21/h5-12,15,20-22H,4,13-14H2,1-3H3,(H,27,29)(H,28,33)(H,30,31). The number of fused-ring (bicyclic) bond motifs is 3. The number of rotatable bonds is 10. The molecular weight excluding hydrogens is 452 g/mol. The van der Waals surface area contributed by atoms with E-state index in [0.29, 0.717) is 0 Å². The van der Waals surface area contributed by atoms with Crippen molar-refractivity contribution in [1.82, 2.24) is 10.6 Å². The lowest BCUT2D eigenvalue weighted by Gasteiger charge is -2.21. The minimum atomic E-state index is -1.67. The average Bonchev–Trinajstić information content (AvgIpc) is 3.14. The number of esters is 1. The molecule has 0 spiro atoms. The molecule has 0 fully saturated rings. The van der Waals surface area contributed by atoms with Gasteiger partial charge in [0, 0.05) is 12.5 Å². The third kappa shape index (κ3) is 5.98. The van der Waals surface area contributed by atoms with Crippen LogP contribution in [0.5, 0.6) is 0 Å². The number of carboxylic acid groups (broad SMARTS) is 1. The topological polar surface area (TPSA) is 131 Å². The maximum absolute atomic E-state index is 12.7. The molecule has 3 N–H and O–H groups in total. The summed E-state index contributed by atoms with van der Waals surface area (Å²) in [4.78, 5) is 49.0. The first kappa shape index (κ1) is 25.7. The van der Waals surface area contributed by atoms with Crippen molar-refractivity contribution in [3.63, 3.8) is 0 Å². The third-order valence-corrected chi connectivity index (χ3v) is 6.01. The first-order valence-electron chi connectivity index (χ1n) is 11.5. The highest BCUT2D eigenvalue weighted by Gasteiger charge is 2.33. The van der Waals surface area contributed by atoms with Crippen LogP contribution in [0.25, 0.3) is 11.1 Å². The lowest BCUT2D eigenvalue weighted by molar-refractivity contribution is -0.149. The van der Waals surface area contributed by atoms with Crippen LogP contribution in [-0.2, 0) is 23.9 Å². The molecule has 9 nitrogen and oxygen atoms in total. The van der Waals surface area contributed by atoms with Crippen LogP contribution in [0.2, 0.25) is 0 Å². The van der Waals surface area contributed by atoms with E-state index in [1.165, 1.54) is 0 Å². The van der Waals surface area contributed by atoms with E-state index in [2.05, 4.69) is 10.6 Å². The molecule has 0 saturated carbocycles. The summed E-state index contributed by atoms with van der Waals surface area (Å²) in [6.07, 6.45) is -0.960. The van der Waals surface area contributed by atoms with Crippen LogP contribution < -0.4 is 10.6 Å². The van der Waals surface area contributed by atoms with Gasteiger partial charge in [-0.2, -0.15) is 0 Å². The van der Waals surface area contributed by atoms with Gasteiger partial charge >= 0.3 is 18.0 Å². The summed E-state index contributed by atoms with van der Waals surface area (Å²) in [6.45, 7) is 4.79. The van der Waals surface area contributed by atoms with Gasteiger partial charge in [0.15, 0.2) is 0 Å². The molecule has 1 aliphatic rings. The molecule has 0 radical (unpaired) electrons. The third-order valence-electron chi connectivity index (χ3n) is 6.01. The second-order valence-electron chi connectivity index (χ2n) is 8.59. The van der Waals surface area contributed by atoms with Crippen molar-refractivity contribution >= 4 is 23.9 Å². The highest BCUT2D eigenvalue weighted by molar-refractivity contribution is 6.04. The minimum Gasteiger partial charge on any atom is -0.481 e. The molecule has 2 atom stereocenters. The maximum atomic E-state index is 12.7. The second kappa shape index (κ2) is 11.5. The van der Waals surface area contributed by atoms with Gasteiger partial charge in [0.2, 0.25) is 6.04 Å². The van der Waals surface area contributed by atoms with E-state index in [9.17, 15) is 24.3 Å². The molecule has 9 heteroatoms. The summed E-state index contributed by atoms with van der Waals surface area (Å²) >= 11 is 0. The smallest absolute Gasteiger partial charge is 0.408 e. The highest BCUT2D eigenvalue weighted by Crippen LogP contribution is 2.44. The number of carbonyl (C=O) groups is 4. The van der Waals surface area contributed by atoms with Crippen LogP contribution >= 0.6 is 0 Å². The Morgan fingerprint density at radius 2 is 1.51 bits per heavy atom. The molecule has 2 amide bonds. The van der Waals surface area contributed by atoms with Crippen molar-refractivity contribution < 1.29 is 33.8 Å². The molecule has 0 saturated heterocycles. The number of benzene rings is 2. The molecule has 2 unspecified atom stereocenters.